The van der Waals surface area contributed by atoms with Gasteiger partial charge < -0.3 is 14.7 Å². The second-order valence-corrected chi connectivity index (χ2v) is 6.71. The van der Waals surface area contributed by atoms with Crippen molar-refractivity contribution in [3.8, 4) is 5.75 Å². The normalized spacial score (nSPS) is 17.8. The fraction of sp³-hybridized carbons (Fsp3) is 0.429. The fourth-order valence-corrected chi connectivity index (χ4v) is 3.48. The van der Waals surface area contributed by atoms with Crippen molar-refractivity contribution >= 4 is 0 Å². The number of aliphatic hydroxyl groups is 1. The molecule has 1 atom stereocenters. The molecule has 25 heavy (non-hydrogen) atoms. The molecule has 3 nitrogen and oxygen atoms in total. The summed E-state index contributed by atoms with van der Waals surface area (Å²) >= 11 is 0. The molecule has 2 aromatic carbocycles. The summed E-state index contributed by atoms with van der Waals surface area (Å²) in [6, 6.07) is 12.7. The van der Waals surface area contributed by atoms with Gasteiger partial charge in [-0.1, -0.05) is 18.2 Å². The van der Waals surface area contributed by atoms with E-state index in [4.69, 9.17) is 4.74 Å². The lowest BCUT2D eigenvalue weighted by Gasteiger charge is -2.22. The zero-order valence-electron chi connectivity index (χ0n) is 14.7. The van der Waals surface area contributed by atoms with Crippen LogP contribution in [0.4, 0.5) is 4.39 Å². The van der Waals surface area contributed by atoms with Gasteiger partial charge in [0.25, 0.3) is 0 Å². The number of unbranched alkanes of at least 4 members (excludes halogenated alkanes) is 1. The number of benzene rings is 2. The van der Waals surface area contributed by atoms with E-state index >= 15 is 0 Å². The maximum atomic E-state index is 12.9. The zero-order valence-corrected chi connectivity index (χ0v) is 14.7. The van der Waals surface area contributed by atoms with Crippen molar-refractivity contribution in [3.05, 3.63) is 65.0 Å². The monoisotopic (exact) mass is 343 g/mol. The SMILES string of the molecule is COc1ccc2c(c1)CCN(CCCCc1ccc(F)cc1)CC2O. The Morgan fingerprint density at radius 1 is 1.16 bits per heavy atom. The predicted molar refractivity (Wildman–Crippen MR) is 97.4 cm³/mol. The van der Waals surface area contributed by atoms with Gasteiger partial charge in [0.05, 0.1) is 13.2 Å². The minimum Gasteiger partial charge on any atom is -0.497 e. The molecule has 1 aliphatic heterocycles. The third-order valence-electron chi connectivity index (χ3n) is 4.94. The molecule has 1 heterocycles. The lowest BCUT2D eigenvalue weighted by Crippen LogP contribution is -2.29. The Kier molecular flexibility index (Phi) is 6.05. The van der Waals surface area contributed by atoms with Crippen molar-refractivity contribution in [1.82, 2.24) is 4.90 Å². The molecule has 134 valence electrons. The lowest BCUT2D eigenvalue weighted by atomic mass is 10.0. The molecule has 0 aliphatic carbocycles. The highest BCUT2D eigenvalue weighted by molar-refractivity contribution is 5.38. The van der Waals surface area contributed by atoms with Gasteiger partial charge in [0.15, 0.2) is 0 Å². The number of nitrogens with zero attached hydrogens (tertiary/aromatic N) is 1. The maximum Gasteiger partial charge on any atom is 0.123 e. The number of methoxy groups -OCH3 is 1. The average molecular weight is 343 g/mol. The van der Waals surface area contributed by atoms with Crippen LogP contribution in [0.2, 0.25) is 0 Å². The van der Waals surface area contributed by atoms with E-state index in [1.165, 1.54) is 23.3 Å². The van der Waals surface area contributed by atoms with Crippen LogP contribution in [0.5, 0.6) is 5.75 Å². The van der Waals surface area contributed by atoms with Crippen LogP contribution in [0.15, 0.2) is 42.5 Å². The van der Waals surface area contributed by atoms with Gasteiger partial charge in [-0.2, -0.15) is 0 Å². The molecule has 0 amide bonds. The molecule has 3 rings (SSSR count). The maximum absolute atomic E-state index is 12.9. The molecule has 0 saturated heterocycles. The van der Waals surface area contributed by atoms with E-state index in [1.807, 2.05) is 30.3 Å². The quantitative estimate of drug-likeness (QED) is 0.811. The summed E-state index contributed by atoms with van der Waals surface area (Å²) in [7, 11) is 1.67. The van der Waals surface area contributed by atoms with Crippen LogP contribution in [-0.2, 0) is 12.8 Å². The Bertz CT molecular complexity index is 687. The summed E-state index contributed by atoms with van der Waals surface area (Å²) in [5.41, 5.74) is 3.38. The van der Waals surface area contributed by atoms with Crippen LogP contribution in [0.25, 0.3) is 0 Å². The molecule has 0 saturated carbocycles. The first-order valence-corrected chi connectivity index (χ1v) is 8.97. The van der Waals surface area contributed by atoms with Gasteiger partial charge in [0.2, 0.25) is 0 Å². The number of aliphatic hydroxyl groups excluding tert-OH is 1. The summed E-state index contributed by atoms with van der Waals surface area (Å²) in [6.45, 7) is 2.60. The smallest absolute Gasteiger partial charge is 0.123 e. The van der Waals surface area contributed by atoms with Crippen molar-refractivity contribution < 1.29 is 14.2 Å². The van der Waals surface area contributed by atoms with Crippen molar-refractivity contribution in [3.63, 3.8) is 0 Å². The molecule has 2 aromatic rings. The highest BCUT2D eigenvalue weighted by Crippen LogP contribution is 2.27. The number of rotatable bonds is 6. The van der Waals surface area contributed by atoms with E-state index in [0.717, 1.165) is 50.1 Å². The number of halogens is 1. The first-order valence-electron chi connectivity index (χ1n) is 8.97. The summed E-state index contributed by atoms with van der Waals surface area (Å²) in [5, 5.41) is 10.5. The lowest BCUT2D eigenvalue weighted by molar-refractivity contribution is 0.119. The van der Waals surface area contributed by atoms with Gasteiger partial charge in [-0.3, -0.25) is 0 Å². The van der Waals surface area contributed by atoms with Gasteiger partial charge in [0, 0.05) is 13.1 Å². The summed E-state index contributed by atoms with van der Waals surface area (Å²) in [4.78, 5) is 2.34. The van der Waals surface area contributed by atoms with Crippen LogP contribution in [0, 0.1) is 5.82 Å². The molecular weight excluding hydrogens is 317 g/mol. The highest BCUT2D eigenvalue weighted by atomic mass is 19.1. The van der Waals surface area contributed by atoms with Crippen molar-refractivity contribution in [2.45, 2.75) is 31.8 Å². The average Bonchev–Trinajstić information content (AvgIpc) is 2.79. The van der Waals surface area contributed by atoms with E-state index in [1.54, 1.807) is 7.11 Å². The van der Waals surface area contributed by atoms with E-state index in [2.05, 4.69) is 4.90 Å². The van der Waals surface area contributed by atoms with Gasteiger partial charge in [-0.15, -0.1) is 0 Å². The third-order valence-corrected chi connectivity index (χ3v) is 4.94. The van der Waals surface area contributed by atoms with Crippen LogP contribution < -0.4 is 4.74 Å². The minimum atomic E-state index is -0.444. The number of β-amino-alcohol motifs (C(OH)–C–C–N with tert-alkyl or cyclic N) is 1. The molecule has 0 aromatic heterocycles. The standard InChI is InChI=1S/C21H26FNO2/c1-25-19-9-10-20-17(14-19)11-13-23(15-21(20)24)12-3-2-4-16-5-7-18(22)8-6-16/h5-10,14,21,24H,2-4,11-13,15H2,1H3. The van der Waals surface area contributed by atoms with Gasteiger partial charge in [-0.05, 0) is 73.2 Å². The molecule has 0 fully saturated rings. The van der Waals surface area contributed by atoms with E-state index < -0.39 is 6.10 Å². The van der Waals surface area contributed by atoms with Gasteiger partial charge in [0.1, 0.15) is 11.6 Å². The second kappa shape index (κ2) is 8.45. The third kappa shape index (κ3) is 4.80. The first kappa shape index (κ1) is 17.9. The van der Waals surface area contributed by atoms with Crippen molar-refractivity contribution in [2.75, 3.05) is 26.7 Å². The molecule has 1 unspecified atom stereocenters. The molecule has 4 heteroatoms. The molecule has 1 aliphatic rings. The van der Waals surface area contributed by atoms with E-state index in [9.17, 15) is 9.50 Å². The number of aryl methyl sites for hydroxylation is 1. The topological polar surface area (TPSA) is 32.7 Å². The van der Waals surface area contributed by atoms with E-state index in [0.29, 0.717) is 6.54 Å². The van der Waals surface area contributed by atoms with Crippen molar-refractivity contribution in [2.24, 2.45) is 0 Å². The highest BCUT2D eigenvalue weighted by Gasteiger charge is 2.21. The van der Waals surface area contributed by atoms with Crippen LogP contribution in [0.3, 0.4) is 0 Å². The van der Waals surface area contributed by atoms with Crippen LogP contribution in [0.1, 0.15) is 35.6 Å². The summed E-state index contributed by atoms with van der Waals surface area (Å²) < 4.78 is 18.2. The van der Waals surface area contributed by atoms with Crippen molar-refractivity contribution in [1.29, 1.82) is 0 Å². The van der Waals surface area contributed by atoms with Crippen LogP contribution in [-0.4, -0.2) is 36.8 Å². The second-order valence-electron chi connectivity index (χ2n) is 6.71. The molecule has 0 radical (unpaired) electrons. The number of ether oxygens (including phenoxy) is 1. The Labute approximate surface area is 149 Å². The number of hydrogen-bond acceptors (Lipinski definition) is 3. The predicted octanol–water partition coefficient (Wildman–Crippen LogP) is 3.75. The fourth-order valence-electron chi connectivity index (χ4n) is 3.48. The summed E-state index contributed by atoms with van der Waals surface area (Å²) in [5.74, 6) is 0.664. The van der Waals surface area contributed by atoms with E-state index in [-0.39, 0.29) is 5.82 Å². The number of fused-ring (bicyclic) bond motifs is 1. The summed E-state index contributed by atoms with van der Waals surface area (Å²) in [6.07, 6.45) is 3.60. The Balaban J connectivity index is 1.49. The Morgan fingerprint density at radius 3 is 2.72 bits per heavy atom. The molecular formula is C21H26FNO2. The molecule has 0 bridgehead atoms. The van der Waals surface area contributed by atoms with Crippen LogP contribution >= 0.6 is 0 Å². The minimum absolute atomic E-state index is 0.182. The zero-order chi connectivity index (χ0) is 17.6. The molecule has 1 N–H and O–H groups in total. The Morgan fingerprint density at radius 2 is 1.96 bits per heavy atom. The molecule has 0 spiro atoms. The number of hydrogen-bond donors (Lipinski definition) is 1. The Hall–Kier alpha value is -1.91. The first-order chi connectivity index (χ1) is 12.2. The van der Waals surface area contributed by atoms with Gasteiger partial charge in [-0.25, -0.2) is 4.39 Å². The largest absolute Gasteiger partial charge is 0.497 e. The van der Waals surface area contributed by atoms with Gasteiger partial charge >= 0.3 is 0 Å².